The molecule has 2 bridgehead atoms. The quantitative estimate of drug-likeness (QED) is 0.705. The van der Waals surface area contributed by atoms with Crippen molar-refractivity contribution in [3.05, 3.63) is 33.6 Å². The van der Waals surface area contributed by atoms with E-state index in [1.165, 1.54) is 16.9 Å². The Labute approximate surface area is 148 Å². The van der Waals surface area contributed by atoms with Crippen molar-refractivity contribution < 1.29 is 0 Å². The second-order valence-electron chi connectivity index (χ2n) is 7.54. The predicted molar refractivity (Wildman–Crippen MR) is 96.9 cm³/mol. The average Bonchev–Trinajstić information content (AvgIpc) is 3.37. The Kier molecular flexibility index (Phi) is 2.85. The molecule has 0 aromatic carbocycles. The second kappa shape index (κ2) is 5.02. The van der Waals surface area contributed by atoms with E-state index in [2.05, 4.69) is 20.1 Å². The number of thiophene rings is 1. The third-order valence-electron chi connectivity index (χ3n) is 6.09. The number of piperidine rings is 1. The second-order valence-corrected chi connectivity index (χ2v) is 8.56. The number of aryl methyl sites for hydroxylation is 2. The molecule has 2 saturated heterocycles. The number of aromatic amines is 2. The molecule has 6 nitrogen and oxygen atoms in total. The molecule has 0 saturated carbocycles. The Balaban J connectivity index is 1.56. The van der Waals surface area contributed by atoms with Crippen molar-refractivity contribution in [3.8, 4) is 10.4 Å². The summed E-state index contributed by atoms with van der Waals surface area (Å²) in [7, 11) is 0. The zero-order chi connectivity index (χ0) is 16.5. The van der Waals surface area contributed by atoms with Crippen molar-refractivity contribution >= 4 is 21.6 Å². The van der Waals surface area contributed by atoms with Gasteiger partial charge in [0.2, 0.25) is 0 Å². The van der Waals surface area contributed by atoms with Gasteiger partial charge in [-0.15, -0.1) is 11.3 Å². The third kappa shape index (κ3) is 1.96. The van der Waals surface area contributed by atoms with E-state index in [1.54, 1.807) is 11.3 Å². The Bertz CT molecular complexity index is 1050. The molecule has 3 aromatic heterocycles. The molecule has 2 aliphatic heterocycles. The highest BCUT2D eigenvalue weighted by molar-refractivity contribution is 7.22. The molecule has 6 rings (SSSR count). The lowest BCUT2D eigenvalue weighted by molar-refractivity contribution is 0.256. The van der Waals surface area contributed by atoms with Gasteiger partial charge in [-0.3, -0.25) is 14.8 Å². The van der Waals surface area contributed by atoms with E-state index in [4.69, 9.17) is 4.98 Å². The van der Waals surface area contributed by atoms with Crippen LogP contribution in [0.25, 0.3) is 20.7 Å². The van der Waals surface area contributed by atoms with Crippen LogP contribution < -0.4 is 5.56 Å². The van der Waals surface area contributed by atoms with Gasteiger partial charge >= 0.3 is 0 Å². The van der Waals surface area contributed by atoms with Gasteiger partial charge in [-0.1, -0.05) is 0 Å². The van der Waals surface area contributed by atoms with Gasteiger partial charge in [-0.05, 0) is 50.1 Å². The van der Waals surface area contributed by atoms with Gasteiger partial charge in [-0.2, -0.15) is 5.10 Å². The van der Waals surface area contributed by atoms with Crippen LogP contribution in [0.5, 0.6) is 0 Å². The normalized spacial score (nSPS) is 27.4. The Morgan fingerprint density at radius 1 is 1.32 bits per heavy atom. The first-order valence-corrected chi connectivity index (χ1v) is 9.92. The number of aromatic nitrogens is 4. The topological polar surface area (TPSA) is 77.7 Å². The minimum Gasteiger partial charge on any atom is -0.308 e. The zero-order valence-corrected chi connectivity index (χ0v) is 14.7. The Hall–Kier alpha value is -1.99. The SMILES string of the molecule is O=c1[nH]c([C@@H]2CC3CCN2C3)nc2c3c(sc12)-c1c[nH]nc1CCC3. The van der Waals surface area contributed by atoms with Gasteiger partial charge in [0.05, 0.1) is 17.3 Å². The lowest BCUT2D eigenvalue weighted by Gasteiger charge is -2.23. The lowest BCUT2D eigenvalue weighted by atomic mass is 10.00. The summed E-state index contributed by atoms with van der Waals surface area (Å²) in [4.78, 5) is 24.5. The van der Waals surface area contributed by atoms with Gasteiger partial charge in [0.25, 0.3) is 5.56 Å². The third-order valence-corrected chi connectivity index (χ3v) is 7.35. The molecule has 7 heteroatoms. The summed E-state index contributed by atoms with van der Waals surface area (Å²) in [6.45, 7) is 2.30. The number of hydrogen-bond donors (Lipinski definition) is 2. The molecular formula is C18H19N5OS. The summed E-state index contributed by atoms with van der Waals surface area (Å²) in [6.07, 6.45) is 7.39. The summed E-state index contributed by atoms with van der Waals surface area (Å²) in [5.74, 6) is 1.65. The first kappa shape index (κ1) is 14.2. The van der Waals surface area contributed by atoms with Crippen molar-refractivity contribution in [2.24, 2.45) is 5.92 Å². The molecule has 0 amide bonds. The van der Waals surface area contributed by atoms with Crippen molar-refractivity contribution in [2.75, 3.05) is 13.1 Å². The van der Waals surface area contributed by atoms with Gasteiger partial charge in [0.1, 0.15) is 10.5 Å². The van der Waals surface area contributed by atoms with Crippen LogP contribution in [0, 0.1) is 5.92 Å². The maximum absolute atomic E-state index is 12.8. The number of rotatable bonds is 1. The monoisotopic (exact) mass is 353 g/mol. The van der Waals surface area contributed by atoms with Crippen LogP contribution in [-0.4, -0.2) is 38.2 Å². The van der Waals surface area contributed by atoms with E-state index >= 15 is 0 Å². The number of nitrogens with one attached hydrogen (secondary N) is 2. The summed E-state index contributed by atoms with van der Waals surface area (Å²) in [5, 5.41) is 7.37. The van der Waals surface area contributed by atoms with E-state index in [-0.39, 0.29) is 5.56 Å². The fourth-order valence-corrected chi connectivity index (χ4v) is 6.11. The minimum absolute atomic E-state index is 0.0205. The standard InChI is InChI=1S/C18H19N5OS/c24-18-16-14(20-17(21-18)13-6-9-4-5-23(13)8-9)10-2-1-3-12-11(7-19-22-12)15(10)25-16/h7,9,13H,1-6,8H2,(H,19,22)(H,20,21,24)/t9?,13-/m0/s1. The van der Waals surface area contributed by atoms with Gasteiger partial charge in [-0.25, -0.2) is 4.98 Å². The molecule has 25 heavy (non-hydrogen) atoms. The van der Waals surface area contributed by atoms with E-state index in [9.17, 15) is 4.79 Å². The van der Waals surface area contributed by atoms with E-state index < -0.39 is 0 Å². The van der Waals surface area contributed by atoms with Crippen molar-refractivity contribution in [1.29, 1.82) is 0 Å². The number of nitrogens with zero attached hydrogens (tertiary/aromatic N) is 3. The van der Waals surface area contributed by atoms with Crippen LogP contribution in [-0.2, 0) is 12.8 Å². The first-order valence-electron chi connectivity index (χ1n) is 9.10. The molecular weight excluding hydrogens is 334 g/mol. The molecule has 3 aromatic rings. The predicted octanol–water partition coefficient (Wildman–Crippen LogP) is 2.63. The average molecular weight is 353 g/mol. The van der Waals surface area contributed by atoms with Crippen LogP contribution in [0.1, 0.15) is 42.4 Å². The van der Waals surface area contributed by atoms with E-state index in [1.807, 2.05) is 6.20 Å². The molecule has 3 aliphatic rings. The van der Waals surface area contributed by atoms with Crippen LogP contribution >= 0.6 is 11.3 Å². The first-order chi connectivity index (χ1) is 12.3. The summed E-state index contributed by atoms with van der Waals surface area (Å²) >= 11 is 1.57. The fourth-order valence-electron chi connectivity index (χ4n) is 4.88. The molecule has 3 atom stereocenters. The fraction of sp³-hybridized carbons (Fsp3) is 0.500. The number of fused-ring (bicyclic) bond motifs is 7. The maximum Gasteiger partial charge on any atom is 0.268 e. The Morgan fingerprint density at radius 3 is 3.12 bits per heavy atom. The van der Waals surface area contributed by atoms with Crippen molar-refractivity contribution in [1.82, 2.24) is 25.1 Å². The van der Waals surface area contributed by atoms with Crippen LogP contribution in [0.15, 0.2) is 11.0 Å². The minimum atomic E-state index is 0.0205. The van der Waals surface area contributed by atoms with Crippen molar-refractivity contribution in [2.45, 2.75) is 38.1 Å². The lowest BCUT2D eigenvalue weighted by Crippen LogP contribution is -2.26. The largest absolute Gasteiger partial charge is 0.308 e. The summed E-state index contributed by atoms with van der Waals surface area (Å²) < 4.78 is 0.765. The molecule has 1 aliphatic carbocycles. The zero-order valence-electron chi connectivity index (χ0n) is 13.8. The van der Waals surface area contributed by atoms with Crippen LogP contribution in [0.2, 0.25) is 0 Å². The van der Waals surface area contributed by atoms with Crippen LogP contribution in [0.4, 0.5) is 0 Å². The molecule has 0 radical (unpaired) electrons. The molecule has 128 valence electrons. The van der Waals surface area contributed by atoms with Gasteiger partial charge in [0.15, 0.2) is 0 Å². The highest BCUT2D eigenvalue weighted by atomic mass is 32.1. The molecule has 2 unspecified atom stereocenters. The summed E-state index contributed by atoms with van der Waals surface area (Å²) in [6, 6.07) is 0.293. The molecule has 2 N–H and O–H groups in total. The smallest absolute Gasteiger partial charge is 0.268 e. The molecule has 5 heterocycles. The van der Waals surface area contributed by atoms with E-state index in [0.717, 1.165) is 72.0 Å². The highest BCUT2D eigenvalue weighted by Crippen LogP contribution is 2.43. The van der Waals surface area contributed by atoms with Gasteiger partial charge < -0.3 is 4.98 Å². The summed E-state index contributed by atoms with van der Waals surface area (Å²) in [5.41, 5.74) is 4.45. The van der Waals surface area contributed by atoms with Gasteiger partial charge in [0, 0.05) is 23.2 Å². The number of hydrogen-bond acceptors (Lipinski definition) is 5. The number of H-pyrrole nitrogens is 2. The van der Waals surface area contributed by atoms with E-state index in [0.29, 0.717) is 6.04 Å². The maximum atomic E-state index is 12.8. The Morgan fingerprint density at radius 2 is 2.28 bits per heavy atom. The highest BCUT2D eigenvalue weighted by Gasteiger charge is 2.39. The molecule has 2 fully saturated rings. The molecule has 0 spiro atoms. The van der Waals surface area contributed by atoms with Crippen molar-refractivity contribution in [3.63, 3.8) is 0 Å². The van der Waals surface area contributed by atoms with Crippen LogP contribution in [0.3, 0.4) is 0 Å².